The smallest absolute Gasteiger partial charge is 0.251 e. The van der Waals surface area contributed by atoms with E-state index in [0.717, 1.165) is 13.1 Å². The topological polar surface area (TPSA) is 79.9 Å². The van der Waals surface area contributed by atoms with Crippen LogP contribution in [0.3, 0.4) is 0 Å². The fourth-order valence-corrected chi connectivity index (χ4v) is 2.27. The lowest BCUT2D eigenvalue weighted by Crippen LogP contribution is -2.45. The number of benzene rings is 1. The van der Waals surface area contributed by atoms with Crippen molar-refractivity contribution in [2.75, 3.05) is 39.4 Å². The molecule has 0 spiro atoms. The van der Waals surface area contributed by atoms with E-state index in [1.165, 1.54) is 6.07 Å². The first-order valence-electron chi connectivity index (χ1n) is 6.94. The Hall–Kier alpha value is -1.50. The van der Waals surface area contributed by atoms with Crippen LogP contribution in [-0.2, 0) is 4.74 Å². The van der Waals surface area contributed by atoms with Crippen LogP contribution in [0.25, 0.3) is 0 Å². The Kier molecular flexibility index (Phi) is 6.30. The van der Waals surface area contributed by atoms with Gasteiger partial charge in [0.1, 0.15) is 0 Å². The number of halogens is 2. The fourth-order valence-electron chi connectivity index (χ4n) is 1.97. The van der Waals surface area contributed by atoms with Crippen LogP contribution in [-0.4, -0.2) is 56.2 Å². The summed E-state index contributed by atoms with van der Waals surface area (Å²) >= 11 is 11.7. The van der Waals surface area contributed by atoms with Crippen LogP contribution in [0.4, 0.5) is 0 Å². The van der Waals surface area contributed by atoms with Crippen molar-refractivity contribution in [2.24, 2.45) is 10.7 Å². The van der Waals surface area contributed by atoms with Crippen molar-refractivity contribution >= 4 is 35.1 Å². The fraction of sp³-hybridized carbons (Fsp3) is 0.429. The second kappa shape index (κ2) is 8.22. The molecule has 0 saturated carbocycles. The maximum absolute atomic E-state index is 11.9. The molecule has 0 aromatic heterocycles. The quantitative estimate of drug-likeness (QED) is 0.491. The lowest BCUT2D eigenvalue weighted by molar-refractivity contribution is 0.0674. The summed E-state index contributed by atoms with van der Waals surface area (Å²) < 4.78 is 5.24. The zero-order valence-electron chi connectivity index (χ0n) is 12.0. The molecule has 1 fully saturated rings. The third-order valence-corrected chi connectivity index (χ3v) is 3.93. The normalized spacial score (nSPS) is 15.7. The van der Waals surface area contributed by atoms with E-state index in [2.05, 4.69) is 10.3 Å². The number of nitrogens with one attached hydrogen (secondary N) is 1. The number of nitrogens with zero attached hydrogens (tertiary/aromatic N) is 2. The minimum Gasteiger partial charge on any atom is -0.378 e. The highest BCUT2D eigenvalue weighted by atomic mass is 35.5. The molecular formula is C14H18Cl2N4O2. The maximum atomic E-state index is 11.9. The molecule has 1 heterocycles. The molecule has 3 N–H and O–H groups in total. The molecule has 0 bridgehead atoms. The third kappa shape index (κ3) is 4.76. The van der Waals surface area contributed by atoms with Crippen LogP contribution < -0.4 is 11.1 Å². The largest absolute Gasteiger partial charge is 0.378 e. The Balaban J connectivity index is 1.77. The molecule has 0 radical (unpaired) electrons. The molecular weight excluding hydrogens is 327 g/mol. The van der Waals surface area contributed by atoms with Gasteiger partial charge in [-0.3, -0.25) is 9.79 Å². The Bertz CT molecular complexity index is 560. The van der Waals surface area contributed by atoms with Gasteiger partial charge in [0.2, 0.25) is 0 Å². The zero-order valence-corrected chi connectivity index (χ0v) is 13.5. The zero-order chi connectivity index (χ0) is 15.9. The first kappa shape index (κ1) is 16.9. The number of nitrogens with two attached hydrogens (primary N) is 1. The number of morpholine rings is 1. The summed E-state index contributed by atoms with van der Waals surface area (Å²) in [7, 11) is 0. The van der Waals surface area contributed by atoms with Gasteiger partial charge in [-0.25, -0.2) is 0 Å². The molecule has 1 aliphatic rings. The summed E-state index contributed by atoms with van der Waals surface area (Å²) in [5.74, 6) is 0.255. The first-order valence-corrected chi connectivity index (χ1v) is 7.69. The van der Waals surface area contributed by atoms with Gasteiger partial charge in [-0.2, -0.15) is 0 Å². The number of ether oxygens (including phenoxy) is 1. The van der Waals surface area contributed by atoms with Crippen molar-refractivity contribution < 1.29 is 9.53 Å². The van der Waals surface area contributed by atoms with Gasteiger partial charge in [-0.15, -0.1) is 0 Å². The summed E-state index contributed by atoms with van der Waals surface area (Å²) in [4.78, 5) is 18.1. The third-order valence-electron chi connectivity index (χ3n) is 3.19. The van der Waals surface area contributed by atoms with Gasteiger partial charge in [-0.1, -0.05) is 23.2 Å². The molecule has 1 saturated heterocycles. The Labute approximate surface area is 139 Å². The number of rotatable bonds is 4. The van der Waals surface area contributed by atoms with Gasteiger partial charge in [0, 0.05) is 25.2 Å². The number of carbonyl (C=O) groups is 1. The van der Waals surface area contributed by atoms with Crippen LogP contribution in [0.15, 0.2) is 23.2 Å². The molecule has 0 atom stereocenters. The van der Waals surface area contributed by atoms with Crippen molar-refractivity contribution in [3.05, 3.63) is 33.8 Å². The second-order valence-electron chi connectivity index (χ2n) is 4.72. The molecule has 8 heteroatoms. The van der Waals surface area contributed by atoms with Gasteiger partial charge in [0.25, 0.3) is 5.91 Å². The van der Waals surface area contributed by atoms with Gasteiger partial charge in [0.05, 0.1) is 29.8 Å². The van der Waals surface area contributed by atoms with E-state index < -0.39 is 0 Å². The molecule has 1 aliphatic heterocycles. The SMILES string of the molecule is NC(=NCCNC(=O)c1ccc(Cl)c(Cl)c1)N1CCOCC1. The predicted molar refractivity (Wildman–Crippen MR) is 87.7 cm³/mol. The average Bonchev–Trinajstić information content (AvgIpc) is 2.54. The average molecular weight is 345 g/mol. The highest BCUT2D eigenvalue weighted by molar-refractivity contribution is 6.42. The highest BCUT2D eigenvalue weighted by Crippen LogP contribution is 2.22. The van der Waals surface area contributed by atoms with Gasteiger partial charge in [-0.05, 0) is 18.2 Å². The standard InChI is InChI=1S/C14H18Cl2N4O2/c15-11-2-1-10(9-12(11)16)13(21)18-3-4-19-14(17)20-5-7-22-8-6-20/h1-2,9H,3-8H2,(H2,17,19)(H,18,21). The van der Waals surface area contributed by atoms with Gasteiger partial charge in [0.15, 0.2) is 5.96 Å². The summed E-state index contributed by atoms with van der Waals surface area (Å²) in [6.07, 6.45) is 0. The maximum Gasteiger partial charge on any atom is 0.251 e. The van der Waals surface area contributed by atoms with Crippen molar-refractivity contribution in [1.82, 2.24) is 10.2 Å². The number of carbonyl (C=O) groups excluding carboxylic acids is 1. The molecule has 1 aromatic rings. The number of hydrogen-bond donors (Lipinski definition) is 2. The van der Waals surface area contributed by atoms with Crippen LogP contribution in [0.5, 0.6) is 0 Å². The Morgan fingerprint density at radius 2 is 2.05 bits per heavy atom. The minimum absolute atomic E-state index is 0.223. The van der Waals surface area contributed by atoms with Crippen LogP contribution >= 0.6 is 23.2 Å². The van der Waals surface area contributed by atoms with E-state index in [4.69, 9.17) is 33.7 Å². The molecule has 0 unspecified atom stereocenters. The minimum atomic E-state index is -0.223. The number of aliphatic imine (C=N–C) groups is 1. The molecule has 0 aliphatic carbocycles. The molecule has 120 valence electrons. The summed E-state index contributed by atoms with van der Waals surface area (Å²) in [6, 6.07) is 4.74. The Morgan fingerprint density at radius 1 is 1.32 bits per heavy atom. The molecule has 1 amide bonds. The monoisotopic (exact) mass is 344 g/mol. The summed E-state index contributed by atoms with van der Waals surface area (Å²) in [5, 5.41) is 3.53. The molecule has 22 heavy (non-hydrogen) atoms. The van der Waals surface area contributed by atoms with E-state index in [-0.39, 0.29) is 5.91 Å². The van der Waals surface area contributed by atoms with Gasteiger partial charge < -0.3 is 20.7 Å². The van der Waals surface area contributed by atoms with E-state index in [1.54, 1.807) is 12.1 Å². The van der Waals surface area contributed by atoms with E-state index in [9.17, 15) is 4.79 Å². The predicted octanol–water partition coefficient (Wildman–Crippen LogP) is 1.37. The molecule has 1 aromatic carbocycles. The number of guanidine groups is 1. The van der Waals surface area contributed by atoms with Gasteiger partial charge >= 0.3 is 0 Å². The van der Waals surface area contributed by atoms with Crippen LogP contribution in [0.2, 0.25) is 10.0 Å². The van der Waals surface area contributed by atoms with E-state index in [0.29, 0.717) is 47.9 Å². The van der Waals surface area contributed by atoms with Crippen molar-refractivity contribution in [3.8, 4) is 0 Å². The second-order valence-corrected chi connectivity index (χ2v) is 5.54. The summed E-state index contributed by atoms with van der Waals surface area (Å²) in [5.41, 5.74) is 6.35. The van der Waals surface area contributed by atoms with E-state index in [1.807, 2.05) is 4.90 Å². The lowest BCUT2D eigenvalue weighted by atomic mass is 10.2. The molecule has 6 nitrogen and oxygen atoms in total. The Morgan fingerprint density at radius 3 is 2.73 bits per heavy atom. The van der Waals surface area contributed by atoms with Crippen molar-refractivity contribution in [3.63, 3.8) is 0 Å². The summed E-state index contributed by atoms with van der Waals surface area (Å²) in [6.45, 7) is 3.60. The van der Waals surface area contributed by atoms with E-state index >= 15 is 0 Å². The highest BCUT2D eigenvalue weighted by Gasteiger charge is 2.12. The lowest BCUT2D eigenvalue weighted by Gasteiger charge is -2.27. The number of hydrogen-bond acceptors (Lipinski definition) is 3. The number of amides is 1. The van der Waals surface area contributed by atoms with Crippen LogP contribution in [0.1, 0.15) is 10.4 Å². The van der Waals surface area contributed by atoms with Crippen molar-refractivity contribution in [1.29, 1.82) is 0 Å². The molecule has 2 rings (SSSR count). The first-order chi connectivity index (χ1) is 10.6. The van der Waals surface area contributed by atoms with Crippen LogP contribution in [0, 0.1) is 0 Å². The van der Waals surface area contributed by atoms with Crippen molar-refractivity contribution in [2.45, 2.75) is 0 Å².